The van der Waals surface area contributed by atoms with Crippen LogP contribution in [0.4, 0.5) is 5.69 Å². The van der Waals surface area contributed by atoms with Crippen molar-refractivity contribution in [1.82, 2.24) is 9.97 Å². The first-order chi connectivity index (χ1) is 4.97. The second-order valence-electron chi connectivity index (χ2n) is 2.21. The summed E-state index contributed by atoms with van der Waals surface area (Å²) in [5, 5.41) is 0. The lowest BCUT2D eigenvalue weighted by atomic mass is 10.2. The number of aromatic nitrogens is 2. The van der Waals surface area contributed by atoms with E-state index in [0.29, 0.717) is 0 Å². The van der Waals surface area contributed by atoms with Crippen molar-refractivity contribution in [3.05, 3.63) is 18.2 Å². The van der Waals surface area contributed by atoms with Crippen molar-refractivity contribution in [3.8, 4) is 0 Å². The molecule has 1 aromatic heterocycles. The molecule has 0 atom stereocenters. The first-order valence-corrected chi connectivity index (χ1v) is 3.28. The van der Waals surface area contributed by atoms with E-state index < -0.39 is 0 Å². The van der Waals surface area contributed by atoms with Crippen molar-refractivity contribution in [3.63, 3.8) is 0 Å². The van der Waals surface area contributed by atoms with Gasteiger partial charge in [0.2, 0.25) is 0 Å². The highest BCUT2D eigenvalue weighted by Crippen LogP contribution is 2.18. The average molecular weight is 170 g/mol. The van der Waals surface area contributed by atoms with Crippen molar-refractivity contribution in [2.75, 3.05) is 0 Å². The second-order valence-corrected chi connectivity index (χ2v) is 2.21. The lowest BCUT2D eigenvalue weighted by Crippen LogP contribution is -1.96. The van der Waals surface area contributed by atoms with E-state index in [9.17, 15) is 0 Å². The van der Waals surface area contributed by atoms with E-state index in [4.69, 9.17) is 0 Å². The Kier molecular flexibility index (Phi) is 2.54. The van der Waals surface area contributed by atoms with Crippen LogP contribution in [0.1, 0.15) is 12.1 Å². The lowest BCUT2D eigenvalue weighted by Gasteiger charge is -2.05. The summed E-state index contributed by atoms with van der Waals surface area (Å²) < 4.78 is 0. The summed E-state index contributed by atoms with van der Waals surface area (Å²) in [5.74, 6) is 0. The van der Waals surface area contributed by atoms with Crippen molar-refractivity contribution in [2.24, 2.45) is 4.99 Å². The molecule has 0 amide bonds. The zero-order valence-corrected chi connectivity index (χ0v) is 6.71. The highest BCUT2D eigenvalue weighted by atomic mass is 35.5. The van der Waals surface area contributed by atoms with Crippen LogP contribution < -0.4 is 0 Å². The highest BCUT2D eigenvalue weighted by molar-refractivity contribution is 5.85. The van der Waals surface area contributed by atoms with E-state index in [0.717, 1.165) is 24.2 Å². The lowest BCUT2D eigenvalue weighted by molar-refractivity contribution is 0.936. The fourth-order valence-electron chi connectivity index (χ4n) is 1.01. The van der Waals surface area contributed by atoms with Crippen LogP contribution in [-0.2, 0) is 6.42 Å². The van der Waals surface area contributed by atoms with Crippen molar-refractivity contribution in [2.45, 2.75) is 12.8 Å². The largest absolute Gasteiger partial charge is 0.258 e. The summed E-state index contributed by atoms with van der Waals surface area (Å²) in [4.78, 5) is 12.1. The number of hydrogen-bond donors (Lipinski definition) is 0. The molecule has 4 heteroatoms. The Balaban J connectivity index is 0.000000605. The molecule has 1 aliphatic heterocycles. The predicted octanol–water partition coefficient (Wildman–Crippen LogP) is 1.55. The molecule has 0 saturated heterocycles. The number of halogens is 1. The number of rotatable bonds is 0. The topological polar surface area (TPSA) is 38.1 Å². The molecular formula is C7H8ClN3. The number of aliphatic imine (C=N–C) groups is 1. The molecule has 11 heavy (non-hydrogen) atoms. The summed E-state index contributed by atoms with van der Waals surface area (Å²) in [5.41, 5.74) is 1.99. The molecule has 0 bridgehead atoms. The number of fused-ring (bicyclic) bond motifs is 1. The summed E-state index contributed by atoms with van der Waals surface area (Å²) in [6, 6.07) is 0. The second kappa shape index (κ2) is 3.44. The van der Waals surface area contributed by atoms with Crippen LogP contribution in [0, 0.1) is 0 Å². The van der Waals surface area contributed by atoms with Gasteiger partial charge in [-0.2, -0.15) is 0 Å². The normalized spacial score (nSPS) is 13.5. The van der Waals surface area contributed by atoms with E-state index >= 15 is 0 Å². The summed E-state index contributed by atoms with van der Waals surface area (Å²) >= 11 is 0. The van der Waals surface area contributed by atoms with E-state index in [1.54, 1.807) is 12.5 Å². The smallest absolute Gasteiger partial charge is 0.115 e. The molecule has 2 rings (SSSR count). The Labute approximate surface area is 71.0 Å². The van der Waals surface area contributed by atoms with Crippen LogP contribution in [0.15, 0.2) is 17.5 Å². The van der Waals surface area contributed by atoms with Crippen LogP contribution >= 0.6 is 12.4 Å². The molecule has 1 aromatic rings. The van der Waals surface area contributed by atoms with Crippen molar-refractivity contribution < 1.29 is 0 Å². The molecule has 0 radical (unpaired) electrons. The van der Waals surface area contributed by atoms with E-state index in [2.05, 4.69) is 15.0 Å². The minimum absolute atomic E-state index is 0. The minimum Gasteiger partial charge on any atom is -0.258 e. The van der Waals surface area contributed by atoms with Crippen LogP contribution in [-0.4, -0.2) is 16.2 Å². The molecule has 0 N–H and O–H groups in total. The van der Waals surface area contributed by atoms with Gasteiger partial charge in [-0.1, -0.05) is 0 Å². The third kappa shape index (κ3) is 1.54. The van der Waals surface area contributed by atoms with Crippen LogP contribution in [0.5, 0.6) is 0 Å². The van der Waals surface area contributed by atoms with Gasteiger partial charge in [0.25, 0.3) is 0 Å². The van der Waals surface area contributed by atoms with Gasteiger partial charge < -0.3 is 0 Å². The molecule has 0 aromatic carbocycles. The molecular weight excluding hydrogens is 162 g/mol. The maximum atomic E-state index is 4.14. The Hall–Kier alpha value is -0.960. The molecule has 0 saturated carbocycles. The van der Waals surface area contributed by atoms with E-state index in [1.807, 2.05) is 6.21 Å². The van der Waals surface area contributed by atoms with Crippen LogP contribution in [0.3, 0.4) is 0 Å². The molecule has 58 valence electrons. The van der Waals surface area contributed by atoms with Gasteiger partial charge in [0.05, 0.1) is 11.9 Å². The third-order valence-corrected chi connectivity index (χ3v) is 1.51. The molecule has 3 nitrogen and oxygen atoms in total. The van der Waals surface area contributed by atoms with E-state index in [-0.39, 0.29) is 12.4 Å². The van der Waals surface area contributed by atoms with Gasteiger partial charge in [-0.3, -0.25) is 4.99 Å². The summed E-state index contributed by atoms with van der Waals surface area (Å²) in [6.45, 7) is 0. The Morgan fingerprint density at radius 1 is 1.36 bits per heavy atom. The third-order valence-electron chi connectivity index (χ3n) is 1.51. The van der Waals surface area contributed by atoms with Gasteiger partial charge in [0.1, 0.15) is 12.0 Å². The minimum atomic E-state index is 0. The average Bonchev–Trinajstić information content (AvgIpc) is 2.05. The van der Waals surface area contributed by atoms with Crippen molar-refractivity contribution in [1.29, 1.82) is 0 Å². The number of nitrogens with zero attached hydrogens (tertiary/aromatic N) is 3. The zero-order chi connectivity index (χ0) is 6.81. The van der Waals surface area contributed by atoms with Gasteiger partial charge in [0, 0.05) is 6.21 Å². The summed E-state index contributed by atoms with van der Waals surface area (Å²) in [7, 11) is 0. The van der Waals surface area contributed by atoms with Gasteiger partial charge in [0.15, 0.2) is 0 Å². The first kappa shape index (κ1) is 8.14. The van der Waals surface area contributed by atoms with Gasteiger partial charge in [-0.05, 0) is 12.8 Å². The Bertz CT molecular complexity index is 272. The number of aryl methyl sites for hydroxylation is 1. The SMILES string of the molecule is C1=Nc2cncnc2CC1.Cl. The predicted molar refractivity (Wildman–Crippen MR) is 45.8 cm³/mol. The standard InChI is InChI=1S/C7H7N3.ClH/c1-2-6-7(9-3-1)4-8-5-10-6;/h3-5H,1-2H2;1H. The molecule has 2 heterocycles. The maximum absolute atomic E-state index is 4.14. The number of hydrogen-bond acceptors (Lipinski definition) is 3. The van der Waals surface area contributed by atoms with Crippen LogP contribution in [0.25, 0.3) is 0 Å². The van der Waals surface area contributed by atoms with Gasteiger partial charge >= 0.3 is 0 Å². The van der Waals surface area contributed by atoms with E-state index in [1.165, 1.54) is 0 Å². The summed E-state index contributed by atoms with van der Waals surface area (Å²) in [6.07, 6.45) is 7.23. The molecule has 0 fully saturated rings. The monoisotopic (exact) mass is 169 g/mol. The first-order valence-electron chi connectivity index (χ1n) is 3.28. The maximum Gasteiger partial charge on any atom is 0.115 e. The van der Waals surface area contributed by atoms with Crippen LogP contribution in [0.2, 0.25) is 0 Å². The fourth-order valence-corrected chi connectivity index (χ4v) is 1.01. The Morgan fingerprint density at radius 2 is 2.27 bits per heavy atom. The molecule has 0 unspecified atom stereocenters. The van der Waals surface area contributed by atoms with Gasteiger partial charge in [-0.25, -0.2) is 9.97 Å². The van der Waals surface area contributed by atoms with Gasteiger partial charge in [-0.15, -0.1) is 12.4 Å². The quantitative estimate of drug-likeness (QED) is 0.591. The zero-order valence-electron chi connectivity index (χ0n) is 5.90. The Morgan fingerprint density at radius 3 is 3.09 bits per heavy atom. The molecule has 0 spiro atoms. The fraction of sp³-hybridized carbons (Fsp3) is 0.286. The molecule has 0 aliphatic carbocycles. The highest BCUT2D eigenvalue weighted by Gasteiger charge is 2.04. The van der Waals surface area contributed by atoms with Crippen molar-refractivity contribution >= 4 is 24.3 Å². The molecule has 1 aliphatic rings.